The molecule has 1 saturated heterocycles. The van der Waals surface area contributed by atoms with E-state index in [2.05, 4.69) is 0 Å². The topological polar surface area (TPSA) is 54.5 Å². The summed E-state index contributed by atoms with van der Waals surface area (Å²) in [4.78, 5) is 11.4. The molecule has 1 aromatic rings. The summed E-state index contributed by atoms with van der Waals surface area (Å²) in [7, 11) is 0.933. The molecule has 1 aromatic carbocycles. The fraction of sp³-hybridized carbons (Fsp3) is 0.300. The minimum absolute atomic E-state index is 0.0618. The summed E-state index contributed by atoms with van der Waals surface area (Å²) in [6.07, 6.45) is -0.139. The van der Waals surface area contributed by atoms with Gasteiger partial charge in [-0.25, -0.2) is 8.70 Å². The van der Waals surface area contributed by atoms with E-state index in [0.717, 1.165) is 12.1 Å². The molecule has 1 aliphatic rings. The maximum atomic E-state index is 13.5. The highest BCUT2D eigenvalue weighted by atomic mass is 35.7. The quantitative estimate of drug-likeness (QED) is 0.470. The monoisotopic (exact) mass is 345 g/mol. The van der Waals surface area contributed by atoms with Crippen LogP contribution in [0.3, 0.4) is 0 Å². The first-order chi connectivity index (χ1) is 8.57. The molecule has 0 aromatic heterocycles. The van der Waals surface area contributed by atoms with Crippen molar-refractivity contribution in [2.24, 2.45) is 0 Å². The van der Waals surface area contributed by atoms with Crippen LogP contribution in [0.15, 0.2) is 12.1 Å². The molecule has 1 atom stereocenters. The Labute approximate surface area is 123 Å². The van der Waals surface area contributed by atoms with Gasteiger partial charge in [0, 0.05) is 21.3 Å². The highest BCUT2D eigenvalue weighted by Crippen LogP contribution is 2.47. The lowest BCUT2D eigenvalue weighted by molar-refractivity contribution is -0.144. The molecule has 1 aliphatic heterocycles. The highest BCUT2D eigenvalue weighted by Gasteiger charge is 2.55. The van der Waals surface area contributed by atoms with Gasteiger partial charge in [-0.1, -0.05) is 23.2 Å². The predicted molar refractivity (Wildman–Crippen MR) is 70.0 cm³/mol. The van der Waals surface area contributed by atoms with Gasteiger partial charge in [-0.2, -0.15) is 8.42 Å². The van der Waals surface area contributed by atoms with E-state index in [9.17, 15) is 17.6 Å². The molecule has 0 bridgehead atoms. The second-order valence-electron chi connectivity index (χ2n) is 4.30. The summed E-state index contributed by atoms with van der Waals surface area (Å²) in [6.45, 7) is 1.43. The van der Waals surface area contributed by atoms with Crippen LogP contribution in [0, 0.1) is 5.82 Å². The minimum atomic E-state index is -4.27. The van der Waals surface area contributed by atoms with Crippen LogP contribution in [0.25, 0.3) is 0 Å². The molecule has 0 spiro atoms. The summed E-state index contributed by atoms with van der Waals surface area (Å²) >= 11 is 11.5. The molecular formula is C10H7Cl3FNO3S. The van der Waals surface area contributed by atoms with E-state index in [1.165, 1.54) is 6.92 Å². The molecule has 0 aliphatic carbocycles. The van der Waals surface area contributed by atoms with Crippen LogP contribution in [0.5, 0.6) is 0 Å². The molecule has 1 fully saturated rings. The van der Waals surface area contributed by atoms with Crippen molar-refractivity contribution in [1.82, 2.24) is 4.31 Å². The number of hydrogen-bond donors (Lipinski definition) is 0. The van der Waals surface area contributed by atoms with Crippen LogP contribution in [0.4, 0.5) is 4.39 Å². The van der Waals surface area contributed by atoms with Crippen LogP contribution in [-0.2, 0) is 19.6 Å². The molecule has 1 amide bonds. The first-order valence-electron chi connectivity index (χ1n) is 5.00. The van der Waals surface area contributed by atoms with Crippen molar-refractivity contribution < 1.29 is 17.6 Å². The lowest BCUT2D eigenvalue weighted by atomic mass is 9.82. The van der Waals surface area contributed by atoms with Crippen molar-refractivity contribution in [2.45, 2.75) is 18.9 Å². The van der Waals surface area contributed by atoms with Crippen molar-refractivity contribution in [3.63, 3.8) is 0 Å². The Bertz CT molecular complexity index is 679. The molecule has 0 N–H and O–H groups in total. The lowest BCUT2D eigenvalue weighted by Gasteiger charge is -2.47. The Morgan fingerprint density at radius 2 is 1.89 bits per heavy atom. The zero-order chi connectivity index (χ0) is 14.6. The van der Waals surface area contributed by atoms with Gasteiger partial charge in [0.05, 0.1) is 17.0 Å². The smallest absolute Gasteiger partial charge is 0.274 e. The maximum absolute atomic E-state index is 13.5. The molecule has 0 saturated carbocycles. The van der Waals surface area contributed by atoms with Crippen molar-refractivity contribution in [3.8, 4) is 0 Å². The Kier molecular flexibility index (Phi) is 3.50. The molecular weight excluding hydrogens is 340 g/mol. The molecule has 9 heteroatoms. The zero-order valence-corrected chi connectivity index (χ0v) is 12.5. The van der Waals surface area contributed by atoms with Gasteiger partial charge in [-0.05, 0) is 19.1 Å². The number of rotatable bonds is 2. The van der Waals surface area contributed by atoms with E-state index >= 15 is 0 Å². The fourth-order valence-corrected chi connectivity index (χ4v) is 4.35. The number of amides is 1. The number of carbonyl (C=O) groups excluding carboxylic acids is 1. The van der Waals surface area contributed by atoms with Gasteiger partial charge in [-0.3, -0.25) is 4.79 Å². The Morgan fingerprint density at radius 3 is 2.37 bits per heavy atom. The highest BCUT2D eigenvalue weighted by molar-refractivity contribution is 8.12. The number of halogens is 4. The molecule has 2 rings (SSSR count). The average molecular weight is 347 g/mol. The van der Waals surface area contributed by atoms with Gasteiger partial charge < -0.3 is 0 Å². The van der Waals surface area contributed by atoms with E-state index in [4.69, 9.17) is 33.9 Å². The summed E-state index contributed by atoms with van der Waals surface area (Å²) < 4.78 is 36.7. The van der Waals surface area contributed by atoms with Crippen molar-refractivity contribution in [3.05, 3.63) is 33.6 Å². The average Bonchev–Trinajstić information content (AvgIpc) is 2.19. The van der Waals surface area contributed by atoms with E-state index in [1.54, 1.807) is 0 Å². The summed E-state index contributed by atoms with van der Waals surface area (Å²) in [5.74, 6) is -1.43. The second-order valence-corrected chi connectivity index (χ2v) is 7.47. The first kappa shape index (κ1) is 14.8. The Morgan fingerprint density at radius 1 is 1.32 bits per heavy atom. The Balaban J connectivity index is 2.59. The van der Waals surface area contributed by atoms with Gasteiger partial charge >= 0.3 is 9.24 Å². The van der Waals surface area contributed by atoms with Gasteiger partial charge in [0.2, 0.25) is 5.91 Å². The predicted octanol–water partition coefficient (Wildman–Crippen LogP) is 3.06. The zero-order valence-electron chi connectivity index (χ0n) is 9.45. The van der Waals surface area contributed by atoms with Crippen LogP contribution in [0.1, 0.15) is 18.9 Å². The normalized spacial score (nSPS) is 23.4. The van der Waals surface area contributed by atoms with Gasteiger partial charge in [-0.15, -0.1) is 0 Å². The number of β-lactam (4-membered cyclic amide) rings is 1. The molecule has 1 unspecified atom stereocenters. The second kappa shape index (κ2) is 4.48. The molecule has 19 heavy (non-hydrogen) atoms. The minimum Gasteiger partial charge on any atom is -0.274 e. The standard InChI is InChI=1S/C10H7Cl3FNO3S/c1-10(4-9(16)15(10)19(13,17)18)5-2-8(14)7(12)3-6(5)11/h2-3H,4H2,1H3. The SMILES string of the molecule is CC1(c2cc(F)c(Cl)cc2Cl)CC(=O)N1S(=O)(=O)Cl. The maximum Gasteiger partial charge on any atom is 0.324 e. The number of hydrogen-bond acceptors (Lipinski definition) is 3. The fourth-order valence-electron chi connectivity index (χ4n) is 2.12. The lowest BCUT2D eigenvalue weighted by Crippen LogP contribution is -2.60. The third-order valence-electron chi connectivity index (χ3n) is 2.98. The summed E-state index contributed by atoms with van der Waals surface area (Å²) in [5, 5.41) is -0.130. The van der Waals surface area contributed by atoms with Gasteiger partial charge in [0.15, 0.2) is 0 Å². The largest absolute Gasteiger partial charge is 0.324 e. The molecule has 104 valence electrons. The van der Waals surface area contributed by atoms with Gasteiger partial charge in [0.25, 0.3) is 0 Å². The van der Waals surface area contributed by atoms with Gasteiger partial charge in [0.1, 0.15) is 5.82 Å². The molecule has 4 nitrogen and oxygen atoms in total. The van der Waals surface area contributed by atoms with E-state index in [0.29, 0.717) is 4.31 Å². The van der Waals surface area contributed by atoms with E-state index < -0.39 is 26.5 Å². The van der Waals surface area contributed by atoms with Crippen molar-refractivity contribution in [2.75, 3.05) is 0 Å². The molecule has 0 radical (unpaired) electrons. The van der Waals surface area contributed by atoms with Crippen LogP contribution < -0.4 is 0 Å². The number of carbonyl (C=O) groups is 1. The van der Waals surface area contributed by atoms with Crippen molar-refractivity contribution >= 4 is 49.0 Å². The molecule has 1 heterocycles. The number of benzene rings is 1. The van der Waals surface area contributed by atoms with E-state index in [1.807, 2.05) is 0 Å². The third kappa shape index (κ3) is 2.31. The van der Waals surface area contributed by atoms with Crippen molar-refractivity contribution in [1.29, 1.82) is 0 Å². The Hall–Kier alpha value is -0.560. The summed E-state index contributed by atoms with van der Waals surface area (Å²) in [6, 6.07) is 2.16. The van der Waals surface area contributed by atoms with Crippen LogP contribution in [0.2, 0.25) is 10.0 Å². The third-order valence-corrected chi connectivity index (χ3v) is 5.04. The first-order valence-corrected chi connectivity index (χ1v) is 8.02. The summed E-state index contributed by atoms with van der Waals surface area (Å²) in [5.41, 5.74) is -1.17. The van der Waals surface area contributed by atoms with E-state index in [-0.39, 0.29) is 22.0 Å². The van der Waals surface area contributed by atoms with Crippen LogP contribution in [-0.4, -0.2) is 18.6 Å². The number of nitrogens with zero attached hydrogens (tertiary/aromatic N) is 1. The van der Waals surface area contributed by atoms with Crippen LogP contribution >= 0.6 is 33.9 Å².